The van der Waals surface area contributed by atoms with E-state index in [0.29, 0.717) is 11.7 Å². The van der Waals surface area contributed by atoms with E-state index in [-0.39, 0.29) is 17.9 Å². The molecule has 0 bridgehead atoms. The molecule has 0 fully saturated rings. The molecule has 0 spiro atoms. The van der Waals surface area contributed by atoms with Crippen LogP contribution in [0.2, 0.25) is 0 Å². The van der Waals surface area contributed by atoms with Crippen LogP contribution in [0, 0.1) is 24.1 Å². The molecule has 6 heteroatoms. The van der Waals surface area contributed by atoms with Crippen LogP contribution >= 0.6 is 0 Å². The van der Waals surface area contributed by atoms with Crippen molar-refractivity contribution in [1.82, 2.24) is 10.1 Å². The molecule has 0 saturated carbocycles. The molecule has 1 aromatic heterocycles. The third-order valence-corrected chi connectivity index (χ3v) is 2.01. The number of aryl methyl sites for hydroxylation is 1. The zero-order valence-electron chi connectivity index (χ0n) is 8.98. The molecule has 0 amide bonds. The molecular formula is C11H8FN3O2. The van der Waals surface area contributed by atoms with Crippen LogP contribution < -0.4 is 4.74 Å². The fourth-order valence-electron chi connectivity index (χ4n) is 1.28. The Bertz CT molecular complexity index is 574. The van der Waals surface area contributed by atoms with Crippen molar-refractivity contribution < 1.29 is 13.7 Å². The Labute approximate surface area is 96.4 Å². The van der Waals surface area contributed by atoms with E-state index in [1.54, 1.807) is 13.0 Å². The minimum atomic E-state index is -0.616. The van der Waals surface area contributed by atoms with E-state index in [4.69, 9.17) is 14.5 Å². The van der Waals surface area contributed by atoms with Gasteiger partial charge in [0.2, 0.25) is 11.7 Å². The van der Waals surface area contributed by atoms with Crippen LogP contribution in [0.4, 0.5) is 4.39 Å². The molecule has 1 heterocycles. The molecule has 5 nitrogen and oxygen atoms in total. The van der Waals surface area contributed by atoms with E-state index in [2.05, 4.69) is 10.1 Å². The molecule has 86 valence electrons. The smallest absolute Gasteiger partial charge is 0.223 e. The average Bonchev–Trinajstić information content (AvgIpc) is 2.72. The molecular weight excluding hydrogens is 225 g/mol. The van der Waals surface area contributed by atoms with Crippen LogP contribution in [0.25, 0.3) is 0 Å². The number of hydrogen-bond donors (Lipinski definition) is 0. The van der Waals surface area contributed by atoms with Crippen LogP contribution in [0.15, 0.2) is 22.7 Å². The van der Waals surface area contributed by atoms with Crippen molar-refractivity contribution in [2.75, 3.05) is 0 Å². The first-order chi connectivity index (χ1) is 8.20. The molecule has 0 aliphatic carbocycles. The topological polar surface area (TPSA) is 71.9 Å². The summed E-state index contributed by atoms with van der Waals surface area (Å²) >= 11 is 0. The van der Waals surface area contributed by atoms with E-state index in [0.717, 1.165) is 0 Å². The van der Waals surface area contributed by atoms with E-state index < -0.39 is 5.82 Å². The summed E-state index contributed by atoms with van der Waals surface area (Å²) in [4.78, 5) is 3.92. The van der Waals surface area contributed by atoms with Crippen molar-refractivity contribution in [1.29, 1.82) is 5.26 Å². The first-order valence-corrected chi connectivity index (χ1v) is 4.81. The van der Waals surface area contributed by atoms with Crippen molar-refractivity contribution in [3.05, 3.63) is 41.3 Å². The molecule has 1 aromatic carbocycles. The van der Waals surface area contributed by atoms with Crippen LogP contribution in [0.5, 0.6) is 5.75 Å². The van der Waals surface area contributed by atoms with Gasteiger partial charge in [-0.25, -0.2) is 4.39 Å². The van der Waals surface area contributed by atoms with Gasteiger partial charge in [0.25, 0.3) is 0 Å². The van der Waals surface area contributed by atoms with E-state index in [9.17, 15) is 4.39 Å². The number of halogens is 1. The third kappa shape index (κ3) is 2.39. The molecule has 17 heavy (non-hydrogen) atoms. The second-order valence-electron chi connectivity index (χ2n) is 3.24. The predicted molar refractivity (Wildman–Crippen MR) is 54.5 cm³/mol. The molecule has 0 saturated heterocycles. The Morgan fingerprint density at radius 1 is 1.53 bits per heavy atom. The lowest BCUT2D eigenvalue weighted by Gasteiger charge is -2.05. The van der Waals surface area contributed by atoms with E-state index in [1.807, 2.05) is 0 Å². The molecule has 0 unspecified atom stereocenters. The van der Waals surface area contributed by atoms with Crippen molar-refractivity contribution in [2.45, 2.75) is 13.5 Å². The minimum Gasteiger partial charge on any atom is -0.484 e. The lowest BCUT2D eigenvalue weighted by atomic mass is 10.2. The highest BCUT2D eigenvalue weighted by molar-refractivity contribution is 5.43. The van der Waals surface area contributed by atoms with Gasteiger partial charge in [-0.1, -0.05) is 11.2 Å². The summed E-state index contributed by atoms with van der Waals surface area (Å²) < 4.78 is 23.2. The number of nitriles is 1. The van der Waals surface area contributed by atoms with Gasteiger partial charge >= 0.3 is 0 Å². The molecule has 2 aromatic rings. The molecule has 2 rings (SSSR count). The summed E-state index contributed by atoms with van der Waals surface area (Å²) in [7, 11) is 0. The monoisotopic (exact) mass is 233 g/mol. The standard InChI is InChI=1S/C11H8FN3O2/c1-7-14-11(15-17-7)6-16-10-4-2-3-9(12)8(10)5-13/h2-4H,6H2,1H3. The summed E-state index contributed by atoms with van der Waals surface area (Å²) in [6, 6.07) is 5.91. The molecule has 0 radical (unpaired) electrons. The Morgan fingerprint density at radius 2 is 2.35 bits per heavy atom. The first kappa shape index (κ1) is 11.1. The highest BCUT2D eigenvalue weighted by atomic mass is 19.1. The van der Waals surface area contributed by atoms with E-state index in [1.165, 1.54) is 18.2 Å². The second kappa shape index (κ2) is 4.61. The molecule has 0 aliphatic heterocycles. The second-order valence-corrected chi connectivity index (χ2v) is 3.24. The quantitative estimate of drug-likeness (QED) is 0.810. The minimum absolute atomic E-state index is 0.0233. The highest BCUT2D eigenvalue weighted by Gasteiger charge is 2.10. The maximum absolute atomic E-state index is 13.2. The van der Waals surface area contributed by atoms with Gasteiger partial charge in [-0.05, 0) is 12.1 Å². The van der Waals surface area contributed by atoms with Gasteiger partial charge in [0.05, 0.1) is 0 Å². The number of rotatable bonds is 3. The fraction of sp³-hybridized carbons (Fsp3) is 0.182. The zero-order chi connectivity index (χ0) is 12.3. The van der Waals surface area contributed by atoms with Crippen LogP contribution in [0.1, 0.15) is 17.3 Å². The van der Waals surface area contributed by atoms with Gasteiger partial charge in [-0.15, -0.1) is 0 Å². The largest absolute Gasteiger partial charge is 0.484 e. The van der Waals surface area contributed by atoms with Gasteiger partial charge in [0.1, 0.15) is 23.2 Å². The maximum Gasteiger partial charge on any atom is 0.223 e. The summed E-state index contributed by atoms with van der Waals surface area (Å²) in [5.74, 6) is 0.309. The van der Waals surface area contributed by atoms with Gasteiger partial charge in [-0.2, -0.15) is 10.2 Å². The highest BCUT2D eigenvalue weighted by Crippen LogP contribution is 2.21. The Morgan fingerprint density at radius 3 is 3.00 bits per heavy atom. The fourth-order valence-corrected chi connectivity index (χ4v) is 1.28. The SMILES string of the molecule is Cc1nc(COc2cccc(F)c2C#N)no1. The van der Waals surface area contributed by atoms with Crippen LogP contribution in [-0.4, -0.2) is 10.1 Å². The van der Waals surface area contributed by atoms with Crippen molar-refractivity contribution in [3.63, 3.8) is 0 Å². The Kier molecular flexibility index (Phi) is 3.01. The third-order valence-electron chi connectivity index (χ3n) is 2.01. The summed E-state index contributed by atoms with van der Waals surface area (Å²) in [6.07, 6.45) is 0. The molecule has 0 aliphatic rings. The Balaban J connectivity index is 2.14. The lowest BCUT2D eigenvalue weighted by molar-refractivity contribution is 0.283. The van der Waals surface area contributed by atoms with Gasteiger partial charge in [0.15, 0.2) is 6.61 Å². The van der Waals surface area contributed by atoms with Crippen molar-refractivity contribution >= 4 is 0 Å². The molecule has 0 N–H and O–H groups in total. The predicted octanol–water partition coefficient (Wildman–Crippen LogP) is 1.97. The van der Waals surface area contributed by atoms with Gasteiger partial charge in [-0.3, -0.25) is 0 Å². The van der Waals surface area contributed by atoms with Crippen LogP contribution in [0.3, 0.4) is 0 Å². The average molecular weight is 233 g/mol. The van der Waals surface area contributed by atoms with Gasteiger partial charge in [0, 0.05) is 6.92 Å². The first-order valence-electron chi connectivity index (χ1n) is 4.81. The van der Waals surface area contributed by atoms with Gasteiger partial charge < -0.3 is 9.26 Å². The van der Waals surface area contributed by atoms with Crippen molar-refractivity contribution in [3.8, 4) is 11.8 Å². The summed E-state index contributed by atoms with van der Waals surface area (Å²) in [5, 5.41) is 12.4. The number of aromatic nitrogens is 2. The van der Waals surface area contributed by atoms with Crippen molar-refractivity contribution in [2.24, 2.45) is 0 Å². The van der Waals surface area contributed by atoms with E-state index >= 15 is 0 Å². The van der Waals surface area contributed by atoms with Crippen LogP contribution in [-0.2, 0) is 6.61 Å². The normalized spacial score (nSPS) is 9.94. The number of hydrogen-bond acceptors (Lipinski definition) is 5. The lowest BCUT2D eigenvalue weighted by Crippen LogP contribution is -2.00. The number of nitrogens with zero attached hydrogens (tertiary/aromatic N) is 3. The number of ether oxygens (including phenoxy) is 1. The summed E-state index contributed by atoms with van der Waals surface area (Å²) in [6.45, 7) is 1.68. The Hall–Kier alpha value is -2.42. The summed E-state index contributed by atoms with van der Waals surface area (Å²) in [5.41, 5.74) is -0.132. The molecule has 0 atom stereocenters. The number of benzene rings is 1. The zero-order valence-corrected chi connectivity index (χ0v) is 8.98. The maximum atomic E-state index is 13.2.